The molecule has 0 saturated carbocycles. The summed E-state index contributed by atoms with van der Waals surface area (Å²) >= 11 is 0. The average Bonchev–Trinajstić information content (AvgIpc) is 3.73. The van der Waals surface area contributed by atoms with Gasteiger partial charge in [0.2, 0.25) is 0 Å². The highest BCUT2D eigenvalue weighted by molar-refractivity contribution is 5.98. The lowest BCUT2D eigenvalue weighted by atomic mass is 9.77. The van der Waals surface area contributed by atoms with Gasteiger partial charge in [-0.15, -0.1) is 0 Å². The molecule has 3 aliphatic rings. The van der Waals surface area contributed by atoms with Crippen molar-refractivity contribution in [3.63, 3.8) is 0 Å². The highest BCUT2D eigenvalue weighted by atomic mass is 16.5. The molecule has 0 bridgehead atoms. The molecular weight excluding hydrogens is 578 g/mol. The summed E-state index contributed by atoms with van der Waals surface area (Å²) < 4.78 is 7.21. The Bertz CT molecular complexity index is 1670. The maximum Gasteiger partial charge on any atom is 0.272 e. The predicted molar refractivity (Wildman–Crippen MR) is 177 cm³/mol. The lowest BCUT2D eigenvalue weighted by molar-refractivity contribution is 0.0549. The van der Waals surface area contributed by atoms with Gasteiger partial charge in [-0.05, 0) is 132 Å². The maximum atomic E-state index is 13.8. The number of hydrogen-bond acceptors (Lipinski definition) is 5. The number of likely N-dealkylation sites (tertiary alicyclic amines) is 2. The van der Waals surface area contributed by atoms with E-state index in [4.69, 9.17) is 4.74 Å². The number of rotatable bonds is 5. The molecule has 46 heavy (non-hydrogen) atoms. The Kier molecular flexibility index (Phi) is 8.23. The van der Waals surface area contributed by atoms with Gasteiger partial charge in [0.05, 0.1) is 24.4 Å². The summed E-state index contributed by atoms with van der Waals surface area (Å²) in [5.41, 5.74) is 6.57. The van der Waals surface area contributed by atoms with Crippen molar-refractivity contribution in [1.29, 1.82) is 0 Å². The smallest absolute Gasteiger partial charge is 0.272 e. The quantitative estimate of drug-likeness (QED) is 0.389. The molecule has 1 aliphatic carbocycles. The number of benzene rings is 2. The fraction of sp³-hybridized carbons (Fsp3) is 0.514. The minimum absolute atomic E-state index is 0.0356. The third-order valence-corrected chi connectivity index (χ3v) is 10.3. The van der Waals surface area contributed by atoms with E-state index in [2.05, 4.69) is 37.3 Å². The van der Waals surface area contributed by atoms with Gasteiger partial charge in [0.15, 0.2) is 0 Å². The zero-order valence-corrected chi connectivity index (χ0v) is 28.3. The Hall–Kier alpha value is -4.14. The number of aryl methyl sites for hydroxylation is 4. The van der Waals surface area contributed by atoms with E-state index in [1.807, 2.05) is 65.6 Å². The Morgan fingerprint density at radius 1 is 0.913 bits per heavy atom. The van der Waals surface area contributed by atoms with Crippen molar-refractivity contribution in [3.05, 3.63) is 81.2 Å². The van der Waals surface area contributed by atoms with Crippen molar-refractivity contribution in [1.82, 2.24) is 24.9 Å². The number of fused-ring (bicyclic) bond motifs is 1. The van der Waals surface area contributed by atoms with Crippen LogP contribution < -0.4 is 10.1 Å². The van der Waals surface area contributed by atoms with Gasteiger partial charge in [-0.25, -0.2) is 0 Å². The Morgan fingerprint density at radius 3 is 2.20 bits per heavy atom. The van der Waals surface area contributed by atoms with Gasteiger partial charge in [0, 0.05) is 37.3 Å². The monoisotopic (exact) mass is 625 g/mol. The van der Waals surface area contributed by atoms with Crippen LogP contribution in [0.1, 0.15) is 112 Å². The fourth-order valence-electron chi connectivity index (χ4n) is 7.72. The van der Waals surface area contributed by atoms with E-state index in [1.165, 1.54) is 5.56 Å². The van der Waals surface area contributed by atoms with Crippen LogP contribution in [-0.2, 0) is 12.0 Å². The number of carbonyl (C=O) groups excluding carboxylic acids is 3. The van der Waals surface area contributed by atoms with Crippen LogP contribution in [0.15, 0.2) is 36.4 Å². The molecule has 1 atom stereocenters. The molecule has 244 valence electrons. The van der Waals surface area contributed by atoms with Crippen molar-refractivity contribution >= 4 is 17.7 Å². The number of methoxy groups -OCH3 is 1. The van der Waals surface area contributed by atoms with Gasteiger partial charge in [-0.1, -0.05) is 6.07 Å². The van der Waals surface area contributed by atoms with Crippen molar-refractivity contribution in [2.75, 3.05) is 33.3 Å². The predicted octanol–water partition coefficient (Wildman–Crippen LogP) is 5.76. The van der Waals surface area contributed by atoms with Gasteiger partial charge in [-0.2, -0.15) is 5.10 Å². The molecule has 2 fully saturated rings. The largest absolute Gasteiger partial charge is 0.497 e. The van der Waals surface area contributed by atoms with Crippen molar-refractivity contribution in [2.45, 2.75) is 85.2 Å². The van der Waals surface area contributed by atoms with E-state index in [1.54, 1.807) is 7.11 Å². The molecule has 1 N–H and O–H groups in total. The lowest BCUT2D eigenvalue weighted by Gasteiger charge is -2.39. The van der Waals surface area contributed by atoms with Crippen LogP contribution >= 0.6 is 0 Å². The third-order valence-electron chi connectivity index (χ3n) is 10.3. The second-order valence-electron chi connectivity index (χ2n) is 14.6. The molecule has 3 aromatic rings. The summed E-state index contributed by atoms with van der Waals surface area (Å²) in [6, 6.07) is 11.5. The molecule has 2 saturated heterocycles. The molecule has 2 aliphatic heterocycles. The van der Waals surface area contributed by atoms with Crippen molar-refractivity contribution in [3.8, 4) is 5.75 Å². The molecule has 1 spiro atoms. The first-order valence-corrected chi connectivity index (χ1v) is 16.5. The molecule has 0 radical (unpaired) electrons. The number of ether oxygens (including phenoxy) is 1. The summed E-state index contributed by atoms with van der Waals surface area (Å²) in [6.07, 6.45) is 4.39. The lowest BCUT2D eigenvalue weighted by Crippen LogP contribution is -2.45. The minimum Gasteiger partial charge on any atom is -0.497 e. The first-order valence-electron chi connectivity index (χ1n) is 16.5. The van der Waals surface area contributed by atoms with E-state index in [9.17, 15) is 14.4 Å². The zero-order valence-electron chi connectivity index (χ0n) is 28.3. The second-order valence-corrected chi connectivity index (χ2v) is 14.6. The number of nitrogens with zero attached hydrogens (tertiary/aromatic N) is 4. The van der Waals surface area contributed by atoms with E-state index in [0.29, 0.717) is 36.5 Å². The van der Waals surface area contributed by atoms with E-state index < -0.39 is 0 Å². The highest BCUT2D eigenvalue weighted by Crippen LogP contribution is 2.42. The van der Waals surface area contributed by atoms with Gasteiger partial charge < -0.3 is 19.9 Å². The zero-order chi connectivity index (χ0) is 33.0. The summed E-state index contributed by atoms with van der Waals surface area (Å²) in [7, 11) is 1.63. The molecule has 2 aromatic carbocycles. The normalized spacial score (nSPS) is 19.0. The molecule has 1 unspecified atom stereocenters. The van der Waals surface area contributed by atoms with Crippen LogP contribution in [0, 0.1) is 26.2 Å². The van der Waals surface area contributed by atoms with E-state index in [0.717, 1.165) is 66.8 Å². The number of nitrogens with one attached hydrogen (secondary N) is 1. The molecule has 3 heterocycles. The van der Waals surface area contributed by atoms with Crippen LogP contribution in [-0.4, -0.2) is 70.6 Å². The first-order chi connectivity index (χ1) is 21.8. The Labute approximate surface area is 272 Å². The number of hydrogen-bond donors (Lipinski definition) is 1. The Balaban J connectivity index is 1.10. The number of aromatic nitrogens is 2. The summed E-state index contributed by atoms with van der Waals surface area (Å²) in [5, 5.41) is 7.84. The topological polar surface area (TPSA) is 96.8 Å². The fourth-order valence-corrected chi connectivity index (χ4v) is 7.72. The van der Waals surface area contributed by atoms with Gasteiger partial charge >= 0.3 is 0 Å². The highest BCUT2D eigenvalue weighted by Gasteiger charge is 2.43. The number of piperidine rings is 1. The molecular formula is C37H47N5O4. The molecule has 3 amide bonds. The van der Waals surface area contributed by atoms with Crippen LogP contribution in [0.2, 0.25) is 0 Å². The van der Waals surface area contributed by atoms with Crippen LogP contribution in [0.5, 0.6) is 5.75 Å². The first kappa shape index (κ1) is 31.8. The molecule has 6 rings (SSSR count). The molecule has 9 nitrogen and oxygen atoms in total. The van der Waals surface area contributed by atoms with Crippen molar-refractivity contribution in [2.24, 2.45) is 5.41 Å². The van der Waals surface area contributed by atoms with Gasteiger partial charge in [-0.3, -0.25) is 19.1 Å². The molecule has 1 aromatic heterocycles. The van der Waals surface area contributed by atoms with Crippen LogP contribution in [0.25, 0.3) is 0 Å². The number of amides is 3. The average molecular weight is 626 g/mol. The Morgan fingerprint density at radius 2 is 1.57 bits per heavy atom. The summed E-state index contributed by atoms with van der Waals surface area (Å²) in [6.45, 7) is 14.8. The maximum absolute atomic E-state index is 13.8. The second kappa shape index (κ2) is 11.9. The van der Waals surface area contributed by atoms with Crippen LogP contribution in [0.3, 0.4) is 0 Å². The van der Waals surface area contributed by atoms with Gasteiger partial charge in [0.25, 0.3) is 17.7 Å². The number of carbonyl (C=O) groups is 3. The van der Waals surface area contributed by atoms with Crippen LogP contribution in [0.4, 0.5) is 0 Å². The van der Waals surface area contributed by atoms with E-state index >= 15 is 0 Å². The standard InChI is InChI=1S/C37H47N5O4/c1-23-18-28(46-7)19-24(2)32(23)33(43)38-30-11-10-26-8-9-27(21-29(26)30)34(44)41-17-14-37(22-41)12-15-40(16-13-37)35(45)31-20-25(3)39-42(31)36(4,5)6/h8-9,18-21,30H,10-17,22H2,1-7H3,(H,38,43). The molecule has 9 heteroatoms. The summed E-state index contributed by atoms with van der Waals surface area (Å²) in [5.74, 6) is 0.717. The third kappa shape index (κ3) is 5.92. The summed E-state index contributed by atoms with van der Waals surface area (Å²) in [4.78, 5) is 44.7. The van der Waals surface area contributed by atoms with Crippen molar-refractivity contribution < 1.29 is 19.1 Å². The SMILES string of the molecule is COc1cc(C)c(C(=O)NC2CCc3ccc(C(=O)N4CCC5(CCN(C(=O)c6cc(C)nn6C(C)(C)C)CC5)C4)cc32)c(C)c1. The van der Waals surface area contributed by atoms with E-state index in [-0.39, 0.29) is 34.7 Å². The minimum atomic E-state index is -0.277. The van der Waals surface area contributed by atoms with Gasteiger partial charge in [0.1, 0.15) is 11.4 Å².